The van der Waals surface area contributed by atoms with Crippen LogP contribution in [-0.4, -0.2) is 28.9 Å². The van der Waals surface area contributed by atoms with E-state index in [0.29, 0.717) is 12.1 Å². The number of carbonyl (C=O) groups excluding carboxylic acids is 1. The number of rotatable bonds is 5. The zero-order chi connectivity index (χ0) is 18.8. The number of nitrogens with two attached hydrogens (primary N) is 1. The van der Waals surface area contributed by atoms with E-state index >= 15 is 0 Å². The van der Waals surface area contributed by atoms with Gasteiger partial charge >= 0.3 is 0 Å². The van der Waals surface area contributed by atoms with Crippen LogP contribution < -0.4 is 11.1 Å². The van der Waals surface area contributed by atoms with Gasteiger partial charge in [-0.2, -0.15) is 0 Å². The van der Waals surface area contributed by atoms with Crippen molar-refractivity contribution in [1.29, 1.82) is 0 Å². The van der Waals surface area contributed by atoms with Crippen molar-refractivity contribution in [3.63, 3.8) is 0 Å². The zero-order valence-corrected chi connectivity index (χ0v) is 16.0. The molecule has 142 valence electrons. The second-order valence-corrected chi connectivity index (χ2v) is 8.11. The molecule has 1 amide bonds. The molecule has 4 heteroatoms. The van der Waals surface area contributed by atoms with Gasteiger partial charge in [-0.1, -0.05) is 60.2 Å². The maximum absolute atomic E-state index is 12.7. The number of fused-ring (bicyclic) bond motifs is 2. The summed E-state index contributed by atoms with van der Waals surface area (Å²) in [6.07, 6.45) is 4.51. The highest BCUT2D eigenvalue weighted by Crippen LogP contribution is 2.37. The Morgan fingerprint density at radius 3 is 2.33 bits per heavy atom. The minimum Gasteiger partial charge on any atom is -0.352 e. The summed E-state index contributed by atoms with van der Waals surface area (Å²) in [5, 5.41) is 3.23. The van der Waals surface area contributed by atoms with Gasteiger partial charge in [-0.25, -0.2) is 0 Å². The Morgan fingerprint density at radius 2 is 1.70 bits per heavy atom. The Bertz CT molecular complexity index is 760. The molecule has 2 fully saturated rings. The Labute approximate surface area is 161 Å². The number of nitrogens with zero attached hydrogens (tertiary/aromatic N) is 1. The molecule has 3 unspecified atom stereocenters. The van der Waals surface area contributed by atoms with E-state index in [2.05, 4.69) is 40.5 Å². The number of piperidine rings is 1. The van der Waals surface area contributed by atoms with Crippen LogP contribution in [0.15, 0.2) is 54.6 Å². The van der Waals surface area contributed by atoms with Crippen LogP contribution in [0.3, 0.4) is 0 Å². The second-order valence-electron chi connectivity index (χ2n) is 8.11. The summed E-state index contributed by atoms with van der Waals surface area (Å²) in [5.74, 6) is -0.0558. The van der Waals surface area contributed by atoms with Gasteiger partial charge in [0.2, 0.25) is 5.91 Å². The van der Waals surface area contributed by atoms with Crippen molar-refractivity contribution in [3.8, 4) is 0 Å². The van der Waals surface area contributed by atoms with Gasteiger partial charge in [0.05, 0.1) is 0 Å². The molecule has 2 saturated heterocycles. The summed E-state index contributed by atoms with van der Waals surface area (Å²) < 4.78 is 0. The van der Waals surface area contributed by atoms with Gasteiger partial charge in [0.1, 0.15) is 6.04 Å². The molecule has 3 atom stereocenters. The van der Waals surface area contributed by atoms with E-state index in [1.165, 1.54) is 24.0 Å². The standard InChI is InChI=1S/C23H29N3O/c1-16-7-9-18(10-8-16)22(24)23(27)25-19-13-20-11-12-21(14-19)26(20)15-17-5-3-2-4-6-17/h2-10,19-22H,11-15,24H2,1H3,(H,25,27). The molecule has 0 radical (unpaired) electrons. The third-order valence-corrected chi connectivity index (χ3v) is 6.16. The fraction of sp³-hybridized carbons (Fsp3) is 0.435. The lowest BCUT2D eigenvalue weighted by molar-refractivity contribution is -0.123. The van der Waals surface area contributed by atoms with Crippen molar-refractivity contribution < 1.29 is 4.79 Å². The number of hydrogen-bond donors (Lipinski definition) is 2. The Hall–Kier alpha value is -2.17. The number of hydrogen-bond acceptors (Lipinski definition) is 3. The molecule has 2 aliphatic heterocycles. The molecule has 4 rings (SSSR count). The third-order valence-electron chi connectivity index (χ3n) is 6.16. The van der Waals surface area contributed by atoms with Gasteiger partial charge in [0.25, 0.3) is 0 Å². The Balaban J connectivity index is 1.35. The molecule has 27 heavy (non-hydrogen) atoms. The molecule has 0 aliphatic carbocycles. The molecule has 3 N–H and O–H groups in total. The van der Waals surface area contributed by atoms with E-state index in [1.54, 1.807) is 0 Å². The number of aryl methyl sites for hydroxylation is 1. The topological polar surface area (TPSA) is 58.4 Å². The first-order chi connectivity index (χ1) is 13.1. The Morgan fingerprint density at radius 1 is 1.07 bits per heavy atom. The van der Waals surface area contributed by atoms with Crippen molar-refractivity contribution in [2.45, 2.75) is 63.3 Å². The van der Waals surface area contributed by atoms with E-state index in [9.17, 15) is 4.79 Å². The highest BCUT2D eigenvalue weighted by Gasteiger charge is 2.41. The lowest BCUT2D eigenvalue weighted by Gasteiger charge is -2.39. The highest BCUT2D eigenvalue weighted by molar-refractivity contribution is 5.83. The summed E-state index contributed by atoms with van der Waals surface area (Å²) >= 11 is 0. The lowest BCUT2D eigenvalue weighted by Crippen LogP contribution is -2.51. The van der Waals surface area contributed by atoms with E-state index in [0.717, 1.165) is 24.9 Å². The summed E-state index contributed by atoms with van der Waals surface area (Å²) in [6, 6.07) is 19.4. The van der Waals surface area contributed by atoms with Gasteiger partial charge < -0.3 is 11.1 Å². The third kappa shape index (κ3) is 4.07. The highest BCUT2D eigenvalue weighted by atomic mass is 16.2. The quantitative estimate of drug-likeness (QED) is 0.857. The van der Waals surface area contributed by atoms with Crippen LogP contribution in [0.25, 0.3) is 0 Å². The molecule has 0 aromatic heterocycles. The molecular weight excluding hydrogens is 334 g/mol. The van der Waals surface area contributed by atoms with Crippen molar-refractivity contribution >= 4 is 5.91 Å². The molecule has 4 nitrogen and oxygen atoms in total. The number of carbonyl (C=O) groups is 1. The predicted molar refractivity (Wildman–Crippen MR) is 108 cm³/mol. The molecule has 2 aromatic rings. The second kappa shape index (κ2) is 7.83. The lowest BCUT2D eigenvalue weighted by atomic mass is 9.95. The van der Waals surface area contributed by atoms with Crippen LogP contribution in [0, 0.1) is 6.92 Å². The van der Waals surface area contributed by atoms with E-state index < -0.39 is 6.04 Å². The fourth-order valence-corrected chi connectivity index (χ4v) is 4.66. The summed E-state index contributed by atoms with van der Waals surface area (Å²) in [4.78, 5) is 15.3. The molecule has 0 saturated carbocycles. The minimum absolute atomic E-state index is 0.0558. The number of nitrogens with one attached hydrogen (secondary N) is 1. The minimum atomic E-state index is -0.592. The summed E-state index contributed by atoms with van der Waals surface area (Å²) in [5.41, 5.74) is 9.62. The van der Waals surface area contributed by atoms with Crippen LogP contribution in [-0.2, 0) is 11.3 Å². The van der Waals surface area contributed by atoms with Crippen molar-refractivity contribution in [2.75, 3.05) is 0 Å². The SMILES string of the molecule is Cc1ccc(C(N)C(=O)NC2CC3CCC(C2)N3Cc2ccccc2)cc1. The van der Waals surface area contributed by atoms with Crippen LogP contribution in [0.1, 0.15) is 48.4 Å². The van der Waals surface area contributed by atoms with Crippen molar-refractivity contribution in [2.24, 2.45) is 5.73 Å². The maximum Gasteiger partial charge on any atom is 0.241 e. The van der Waals surface area contributed by atoms with Gasteiger partial charge in [-0.15, -0.1) is 0 Å². The molecular formula is C23H29N3O. The zero-order valence-electron chi connectivity index (χ0n) is 16.0. The summed E-state index contributed by atoms with van der Waals surface area (Å²) in [7, 11) is 0. The first kappa shape index (κ1) is 18.2. The van der Waals surface area contributed by atoms with Gasteiger partial charge in [0.15, 0.2) is 0 Å². The molecule has 2 heterocycles. The van der Waals surface area contributed by atoms with Crippen molar-refractivity contribution in [3.05, 3.63) is 71.3 Å². The predicted octanol–water partition coefficient (Wildman–Crippen LogP) is 3.31. The normalized spacial score (nSPS) is 25.9. The van der Waals surface area contributed by atoms with Gasteiger partial charge in [-0.05, 0) is 43.7 Å². The van der Waals surface area contributed by atoms with Crippen molar-refractivity contribution in [1.82, 2.24) is 10.2 Å². The average Bonchev–Trinajstić information content (AvgIpc) is 2.91. The van der Waals surface area contributed by atoms with E-state index in [4.69, 9.17) is 5.73 Å². The summed E-state index contributed by atoms with van der Waals surface area (Å²) in [6.45, 7) is 3.05. The van der Waals surface area contributed by atoms with E-state index in [-0.39, 0.29) is 11.9 Å². The Kier molecular flexibility index (Phi) is 5.28. The monoisotopic (exact) mass is 363 g/mol. The first-order valence-electron chi connectivity index (χ1n) is 10.0. The van der Waals surface area contributed by atoms with Crippen LogP contribution in [0.5, 0.6) is 0 Å². The van der Waals surface area contributed by atoms with Crippen LogP contribution in [0.2, 0.25) is 0 Å². The fourth-order valence-electron chi connectivity index (χ4n) is 4.66. The number of benzene rings is 2. The molecule has 0 spiro atoms. The molecule has 2 bridgehead atoms. The number of amides is 1. The van der Waals surface area contributed by atoms with E-state index in [1.807, 2.05) is 31.2 Å². The molecule has 2 aromatic carbocycles. The van der Waals surface area contributed by atoms with Crippen LogP contribution >= 0.6 is 0 Å². The largest absolute Gasteiger partial charge is 0.352 e. The maximum atomic E-state index is 12.7. The smallest absolute Gasteiger partial charge is 0.241 e. The molecule has 2 aliphatic rings. The van der Waals surface area contributed by atoms with Crippen LogP contribution in [0.4, 0.5) is 0 Å². The van der Waals surface area contributed by atoms with Gasteiger partial charge in [-0.3, -0.25) is 9.69 Å². The average molecular weight is 364 g/mol. The van der Waals surface area contributed by atoms with Gasteiger partial charge in [0, 0.05) is 24.7 Å². The first-order valence-corrected chi connectivity index (χ1v) is 10.0.